The minimum Gasteiger partial charge on any atom is -0.314 e. The van der Waals surface area contributed by atoms with Crippen LogP contribution in [0.2, 0.25) is 0 Å². The van der Waals surface area contributed by atoms with Crippen LogP contribution in [0.25, 0.3) is 0 Å². The Morgan fingerprint density at radius 3 is 1.89 bits per heavy atom. The van der Waals surface area contributed by atoms with E-state index in [-0.39, 0.29) is 13.0 Å². The third kappa shape index (κ3) is 5.87. The van der Waals surface area contributed by atoms with E-state index in [1.165, 1.54) is 6.92 Å². The van der Waals surface area contributed by atoms with Crippen molar-refractivity contribution in [3.63, 3.8) is 0 Å². The summed E-state index contributed by atoms with van der Waals surface area (Å²) >= 11 is 0. The third-order valence-electron chi connectivity index (χ3n) is 2.39. The lowest BCUT2D eigenvalue weighted by Gasteiger charge is -2.15. The molecule has 108 valence electrons. The van der Waals surface area contributed by atoms with Crippen LogP contribution in [0, 0.1) is 0 Å². The first kappa shape index (κ1) is 17.4. The molecule has 0 aromatic carbocycles. The van der Waals surface area contributed by atoms with E-state index in [1.807, 2.05) is 0 Å². The van der Waals surface area contributed by atoms with Crippen LogP contribution in [-0.4, -0.2) is 55.3 Å². The number of nitrogens with one attached hydrogen (secondary N) is 1. The molecule has 0 saturated heterocycles. The van der Waals surface area contributed by atoms with Crippen LogP contribution in [0.1, 0.15) is 20.3 Å². The maximum atomic E-state index is 11.0. The molecule has 0 aliphatic rings. The molecule has 0 amide bonds. The van der Waals surface area contributed by atoms with Gasteiger partial charge in [-0.05, 0) is 13.3 Å². The second-order valence-corrected chi connectivity index (χ2v) is 7.11. The minimum absolute atomic E-state index is 0.127. The number of carbonyl (C=O) groups is 1. The van der Waals surface area contributed by atoms with Crippen molar-refractivity contribution in [1.29, 1.82) is 0 Å². The Balaban J connectivity index is 4.54. The Morgan fingerprint density at radius 1 is 1.11 bits per heavy atom. The second-order valence-electron chi connectivity index (χ2n) is 3.82. The molecule has 0 saturated carbocycles. The van der Waals surface area contributed by atoms with E-state index in [0.29, 0.717) is 0 Å². The maximum absolute atomic E-state index is 11.0. The number of hydrogen-bond acceptors (Lipinski definition) is 6. The van der Waals surface area contributed by atoms with Crippen molar-refractivity contribution in [2.75, 3.05) is 13.1 Å². The first-order chi connectivity index (χ1) is 8.00. The topological polar surface area (TPSA) is 138 Å². The fourth-order valence-corrected chi connectivity index (χ4v) is 2.79. The molecule has 10 heteroatoms. The molecule has 0 radical (unpaired) electrons. The lowest BCUT2D eigenvalue weighted by atomic mass is 10.3. The van der Waals surface area contributed by atoms with Gasteiger partial charge in [0.2, 0.25) is 0 Å². The average Bonchev–Trinajstić information content (AvgIpc) is 2.12. The summed E-state index contributed by atoms with van der Waals surface area (Å²) in [5.41, 5.74) is 0. The Labute approximate surface area is 106 Å². The molecule has 18 heavy (non-hydrogen) atoms. The predicted octanol–water partition coefficient (Wildman–Crippen LogP) is -0.912. The van der Waals surface area contributed by atoms with Crippen molar-refractivity contribution < 1.29 is 30.7 Å². The summed E-state index contributed by atoms with van der Waals surface area (Å²) < 4.78 is 61.0. The quantitative estimate of drug-likeness (QED) is 0.490. The highest BCUT2D eigenvalue weighted by Crippen LogP contribution is 2.03. The van der Waals surface area contributed by atoms with E-state index >= 15 is 0 Å². The summed E-state index contributed by atoms with van der Waals surface area (Å²) in [4.78, 5) is 11.0. The van der Waals surface area contributed by atoms with Gasteiger partial charge in [0.1, 0.15) is 0 Å². The van der Waals surface area contributed by atoms with Gasteiger partial charge >= 0.3 is 0 Å². The fraction of sp³-hybridized carbons (Fsp3) is 0.875. The fourth-order valence-electron chi connectivity index (χ4n) is 1.29. The van der Waals surface area contributed by atoms with Gasteiger partial charge in [-0.1, -0.05) is 6.92 Å². The Kier molecular flexibility index (Phi) is 6.37. The Hall–Kier alpha value is -0.550. The van der Waals surface area contributed by atoms with Gasteiger partial charge in [-0.25, -0.2) is 0 Å². The van der Waals surface area contributed by atoms with E-state index in [4.69, 9.17) is 9.11 Å². The van der Waals surface area contributed by atoms with Crippen molar-refractivity contribution >= 4 is 26.0 Å². The van der Waals surface area contributed by atoms with Crippen LogP contribution in [0.15, 0.2) is 0 Å². The molecule has 2 unspecified atom stereocenters. The van der Waals surface area contributed by atoms with E-state index in [0.717, 1.165) is 6.92 Å². The number of hydrogen-bond donors (Lipinski definition) is 3. The lowest BCUT2D eigenvalue weighted by Crippen LogP contribution is -2.42. The van der Waals surface area contributed by atoms with Crippen molar-refractivity contribution in [3.8, 4) is 0 Å². The predicted molar refractivity (Wildman–Crippen MR) is 64.5 cm³/mol. The monoisotopic (exact) mass is 303 g/mol. The summed E-state index contributed by atoms with van der Waals surface area (Å²) in [6.45, 7) is 1.90. The van der Waals surface area contributed by atoms with Gasteiger partial charge in [-0.15, -0.1) is 0 Å². The van der Waals surface area contributed by atoms with Gasteiger partial charge in [0.25, 0.3) is 20.2 Å². The van der Waals surface area contributed by atoms with Crippen LogP contribution in [-0.2, 0) is 25.0 Å². The zero-order chi connectivity index (χ0) is 14.6. The summed E-state index contributed by atoms with van der Waals surface area (Å²) in [6, 6.07) is 0. The Bertz CT molecular complexity index is 482. The van der Waals surface area contributed by atoms with Crippen molar-refractivity contribution in [2.45, 2.75) is 30.8 Å². The third-order valence-corrected chi connectivity index (χ3v) is 4.95. The summed E-state index contributed by atoms with van der Waals surface area (Å²) in [6.07, 6.45) is 0.127. The average molecular weight is 303 g/mol. The largest absolute Gasteiger partial charge is 0.314 e. The summed E-state index contributed by atoms with van der Waals surface area (Å²) in [7, 11) is -8.76. The van der Waals surface area contributed by atoms with Gasteiger partial charge in [-0.3, -0.25) is 13.9 Å². The molecule has 8 nitrogen and oxygen atoms in total. The standard InChI is InChI=1S/C8H17NO7S2/c1-3-7(17(11,12)13)4-9-5-8(6(2)10)18(14,15)16/h7-9H,3-5H2,1-2H3,(H,11,12,13)(H,14,15,16). The molecule has 0 rings (SSSR count). The molecule has 2 atom stereocenters. The molecule has 0 spiro atoms. The first-order valence-electron chi connectivity index (χ1n) is 5.13. The lowest BCUT2D eigenvalue weighted by molar-refractivity contribution is -0.116. The number of Topliss-reactive ketones (excluding diaryl/α,β-unsaturated/α-hetero) is 1. The molecule has 0 aliphatic heterocycles. The summed E-state index contributed by atoms with van der Waals surface area (Å²) in [5, 5.41) is -0.302. The van der Waals surface area contributed by atoms with Gasteiger partial charge < -0.3 is 5.32 Å². The van der Waals surface area contributed by atoms with Gasteiger partial charge in [-0.2, -0.15) is 16.8 Å². The van der Waals surface area contributed by atoms with Crippen LogP contribution in [0.5, 0.6) is 0 Å². The Morgan fingerprint density at radius 2 is 1.61 bits per heavy atom. The van der Waals surface area contributed by atoms with Crippen molar-refractivity contribution in [3.05, 3.63) is 0 Å². The highest BCUT2D eigenvalue weighted by atomic mass is 32.2. The molecule has 0 fully saturated rings. The number of ketones is 1. The van der Waals surface area contributed by atoms with Crippen LogP contribution >= 0.6 is 0 Å². The zero-order valence-electron chi connectivity index (χ0n) is 10.0. The van der Waals surface area contributed by atoms with Crippen LogP contribution in [0.3, 0.4) is 0 Å². The highest BCUT2D eigenvalue weighted by molar-refractivity contribution is 7.87. The highest BCUT2D eigenvalue weighted by Gasteiger charge is 2.28. The van der Waals surface area contributed by atoms with Gasteiger partial charge in [0.15, 0.2) is 11.0 Å². The zero-order valence-corrected chi connectivity index (χ0v) is 11.7. The van der Waals surface area contributed by atoms with Crippen LogP contribution in [0.4, 0.5) is 0 Å². The van der Waals surface area contributed by atoms with Gasteiger partial charge in [0, 0.05) is 13.1 Å². The molecule has 3 N–H and O–H groups in total. The summed E-state index contributed by atoms with van der Waals surface area (Å²) in [5.74, 6) is -0.759. The number of rotatable bonds is 8. The van der Waals surface area contributed by atoms with E-state index in [1.54, 1.807) is 0 Å². The molecule has 0 heterocycles. The SMILES string of the molecule is CCC(CNCC(C(C)=O)S(=O)(=O)O)S(=O)(=O)O. The van der Waals surface area contributed by atoms with Crippen molar-refractivity contribution in [2.24, 2.45) is 0 Å². The second kappa shape index (κ2) is 6.57. The normalized spacial score (nSPS) is 16.2. The molecule has 0 aromatic rings. The number of carbonyl (C=O) groups excluding carboxylic acids is 1. The molecule has 0 bridgehead atoms. The van der Waals surface area contributed by atoms with Gasteiger partial charge in [0.05, 0.1) is 5.25 Å². The molecule has 0 aromatic heterocycles. The molecule has 0 aliphatic carbocycles. The van der Waals surface area contributed by atoms with Crippen molar-refractivity contribution in [1.82, 2.24) is 5.32 Å². The van der Waals surface area contributed by atoms with E-state index < -0.39 is 43.1 Å². The maximum Gasteiger partial charge on any atom is 0.276 e. The first-order valence-corrected chi connectivity index (χ1v) is 8.14. The molecular weight excluding hydrogens is 286 g/mol. The smallest absolute Gasteiger partial charge is 0.276 e. The minimum atomic E-state index is -4.53. The molecular formula is C8H17NO7S2. The van der Waals surface area contributed by atoms with E-state index in [9.17, 15) is 21.6 Å². The van der Waals surface area contributed by atoms with Crippen LogP contribution < -0.4 is 5.32 Å². The van der Waals surface area contributed by atoms with E-state index in [2.05, 4.69) is 5.32 Å².